The molecule has 114 valence electrons. The van der Waals surface area contributed by atoms with Crippen LogP contribution in [0.25, 0.3) is 0 Å². The summed E-state index contributed by atoms with van der Waals surface area (Å²) in [7, 11) is 3.24. The van der Waals surface area contributed by atoms with Crippen LogP contribution in [-0.2, 0) is 27.3 Å². The maximum Gasteiger partial charge on any atom is 0.309 e. The molecule has 1 aliphatic heterocycles. The van der Waals surface area contributed by atoms with Crippen LogP contribution in [0, 0.1) is 0 Å². The number of rotatable bonds is 5. The molecule has 1 N–H and O–H groups in total. The highest BCUT2D eigenvalue weighted by atomic mass is 16.5. The van der Waals surface area contributed by atoms with Crippen LogP contribution in [0.1, 0.15) is 24.0 Å². The number of ether oxygens (including phenoxy) is 1. The van der Waals surface area contributed by atoms with Gasteiger partial charge in [0.15, 0.2) is 0 Å². The van der Waals surface area contributed by atoms with E-state index in [1.165, 1.54) is 7.11 Å². The van der Waals surface area contributed by atoms with Crippen LogP contribution in [0.4, 0.5) is 0 Å². The first-order valence-corrected chi connectivity index (χ1v) is 7.21. The van der Waals surface area contributed by atoms with Gasteiger partial charge in [-0.05, 0) is 17.5 Å². The monoisotopic (exact) mass is 290 g/mol. The first-order chi connectivity index (χ1) is 10.1. The second kappa shape index (κ2) is 7.22. The van der Waals surface area contributed by atoms with Crippen LogP contribution in [-0.4, -0.2) is 43.5 Å². The minimum absolute atomic E-state index is 0.208. The third kappa shape index (κ3) is 4.29. The Balaban J connectivity index is 1.94. The van der Waals surface area contributed by atoms with Crippen molar-refractivity contribution >= 4 is 11.9 Å². The number of hydrogen-bond donors (Lipinski definition) is 1. The number of methoxy groups -OCH3 is 1. The quantitative estimate of drug-likeness (QED) is 0.825. The molecule has 1 amide bonds. The van der Waals surface area contributed by atoms with Gasteiger partial charge in [-0.15, -0.1) is 0 Å². The molecule has 0 bridgehead atoms. The van der Waals surface area contributed by atoms with Crippen LogP contribution >= 0.6 is 0 Å². The van der Waals surface area contributed by atoms with Gasteiger partial charge in [0.2, 0.25) is 5.91 Å². The number of piperidine rings is 1. The normalized spacial score (nSPS) is 18.7. The molecule has 2 rings (SSSR count). The molecule has 1 atom stereocenters. The van der Waals surface area contributed by atoms with Gasteiger partial charge in [-0.25, -0.2) is 0 Å². The zero-order valence-electron chi connectivity index (χ0n) is 12.6. The van der Waals surface area contributed by atoms with E-state index in [-0.39, 0.29) is 18.3 Å². The molecule has 21 heavy (non-hydrogen) atoms. The zero-order chi connectivity index (χ0) is 15.2. The van der Waals surface area contributed by atoms with Gasteiger partial charge in [0, 0.05) is 32.6 Å². The summed E-state index contributed by atoms with van der Waals surface area (Å²) in [4.78, 5) is 24.7. The summed E-state index contributed by atoms with van der Waals surface area (Å²) >= 11 is 0. The number of amides is 1. The molecular formula is C16H22N2O3. The average molecular weight is 290 g/mol. The minimum atomic E-state index is -0.231. The van der Waals surface area contributed by atoms with E-state index in [2.05, 4.69) is 5.32 Å². The maximum atomic E-state index is 11.5. The van der Waals surface area contributed by atoms with E-state index in [0.29, 0.717) is 19.0 Å². The summed E-state index contributed by atoms with van der Waals surface area (Å²) in [5.41, 5.74) is 2.08. The molecule has 5 heteroatoms. The van der Waals surface area contributed by atoms with Crippen molar-refractivity contribution < 1.29 is 14.3 Å². The Morgan fingerprint density at radius 2 is 2.10 bits per heavy atom. The van der Waals surface area contributed by atoms with Crippen LogP contribution < -0.4 is 5.32 Å². The van der Waals surface area contributed by atoms with Gasteiger partial charge in [0.25, 0.3) is 0 Å². The van der Waals surface area contributed by atoms with E-state index in [9.17, 15) is 9.59 Å². The van der Waals surface area contributed by atoms with Crippen molar-refractivity contribution in [1.82, 2.24) is 10.2 Å². The molecular weight excluding hydrogens is 268 g/mol. The molecule has 0 radical (unpaired) electrons. The van der Waals surface area contributed by atoms with Gasteiger partial charge in [-0.3, -0.25) is 9.59 Å². The van der Waals surface area contributed by atoms with Crippen molar-refractivity contribution in [2.45, 2.75) is 31.8 Å². The van der Waals surface area contributed by atoms with E-state index >= 15 is 0 Å². The van der Waals surface area contributed by atoms with Gasteiger partial charge in [0.1, 0.15) is 0 Å². The number of likely N-dealkylation sites (tertiary alicyclic amines) is 1. The fraction of sp³-hybridized carbons (Fsp3) is 0.500. The lowest BCUT2D eigenvalue weighted by atomic mass is 10.0. The van der Waals surface area contributed by atoms with Crippen LogP contribution in [0.15, 0.2) is 24.3 Å². The molecule has 0 aromatic heterocycles. The Morgan fingerprint density at radius 3 is 2.76 bits per heavy atom. The Morgan fingerprint density at radius 1 is 1.38 bits per heavy atom. The summed E-state index contributed by atoms with van der Waals surface area (Å²) in [5.74, 6) is -0.0235. The van der Waals surface area contributed by atoms with E-state index in [1.54, 1.807) is 4.90 Å². The number of carbonyl (C=O) groups excluding carboxylic acids is 2. The van der Waals surface area contributed by atoms with Crippen LogP contribution in [0.2, 0.25) is 0 Å². The highest BCUT2D eigenvalue weighted by Gasteiger charge is 2.22. The Hall–Kier alpha value is -1.88. The van der Waals surface area contributed by atoms with Gasteiger partial charge < -0.3 is 15.0 Å². The molecule has 1 saturated heterocycles. The second-order valence-corrected chi connectivity index (χ2v) is 5.41. The molecule has 0 saturated carbocycles. The molecule has 1 heterocycles. The molecule has 0 aliphatic carbocycles. The first kappa shape index (κ1) is 15.5. The number of likely N-dealkylation sites (N-methyl/N-ethyl adjacent to an activating group) is 1. The highest BCUT2D eigenvalue weighted by Crippen LogP contribution is 2.13. The third-order valence-corrected chi connectivity index (χ3v) is 3.89. The predicted molar refractivity (Wildman–Crippen MR) is 79.7 cm³/mol. The smallest absolute Gasteiger partial charge is 0.309 e. The van der Waals surface area contributed by atoms with E-state index in [0.717, 1.165) is 24.1 Å². The Bertz CT molecular complexity index is 516. The van der Waals surface area contributed by atoms with Crippen molar-refractivity contribution in [1.29, 1.82) is 0 Å². The van der Waals surface area contributed by atoms with Gasteiger partial charge in [-0.1, -0.05) is 24.3 Å². The Kier molecular flexibility index (Phi) is 5.33. The van der Waals surface area contributed by atoms with E-state index in [4.69, 9.17) is 4.74 Å². The van der Waals surface area contributed by atoms with Crippen molar-refractivity contribution in [2.24, 2.45) is 0 Å². The Labute approximate surface area is 125 Å². The number of benzene rings is 1. The SMILES string of the molecule is COC(=O)Cc1ccccc1CNC1CCC(=O)N(C)C1. The third-order valence-electron chi connectivity index (χ3n) is 3.89. The summed E-state index contributed by atoms with van der Waals surface area (Å²) in [5, 5.41) is 3.47. The van der Waals surface area contributed by atoms with Crippen molar-refractivity contribution in [3.63, 3.8) is 0 Å². The van der Waals surface area contributed by atoms with Crippen molar-refractivity contribution in [2.75, 3.05) is 20.7 Å². The van der Waals surface area contributed by atoms with Crippen LogP contribution in [0.3, 0.4) is 0 Å². The molecule has 1 aromatic carbocycles. The first-order valence-electron chi connectivity index (χ1n) is 7.21. The number of carbonyl (C=O) groups is 2. The molecule has 0 spiro atoms. The average Bonchev–Trinajstić information content (AvgIpc) is 2.49. The standard InChI is InChI=1S/C16H22N2O3/c1-18-11-14(7-8-15(18)19)17-10-13-6-4-3-5-12(13)9-16(20)21-2/h3-6,14,17H,7-11H2,1-2H3. The second-order valence-electron chi connectivity index (χ2n) is 5.41. The lowest BCUT2D eigenvalue weighted by Gasteiger charge is -2.30. The molecule has 1 aromatic rings. The molecule has 1 fully saturated rings. The number of hydrogen-bond acceptors (Lipinski definition) is 4. The summed E-state index contributed by atoms with van der Waals surface area (Å²) in [6, 6.07) is 8.16. The summed E-state index contributed by atoms with van der Waals surface area (Å²) < 4.78 is 4.73. The lowest BCUT2D eigenvalue weighted by molar-refractivity contribution is -0.139. The fourth-order valence-corrected chi connectivity index (χ4v) is 2.56. The van der Waals surface area contributed by atoms with E-state index in [1.807, 2.05) is 31.3 Å². The predicted octanol–water partition coefficient (Wildman–Crippen LogP) is 1.11. The topological polar surface area (TPSA) is 58.6 Å². The highest BCUT2D eigenvalue weighted by molar-refractivity contribution is 5.76. The molecule has 1 aliphatic rings. The maximum absolute atomic E-state index is 11.5. The minimum Gasteiger partial charge on any atom is -0.469 e. The summed E-state index contributed by atoms with van der Waals surface area (Å²) in [6.45, 7) is 1.43. The zero-order valence-corrected chi connectivity index (χ0v) is 12.6. The number of esters is 1. The van der Waals surface area contributed by atoms with Crippen molar-refractivity contribution in [3.05, 3.63) is 35.4 Å². The van der Waals surface area contributed by atoms with Gasteiger partial charge >= 0.3 is 5.97 Å². The molecule has 1 unspecified atom stereocenters. The molecule has 5 nitrogen and oxygen atoms in total. The summed E-state index contributed by atoms with van der Waals surface area (Å²) in [6.07, 6.45) is 1.75. The van der Waals surface area contributed by atoms with Crippen molar-refractivity contribution in [3.8, 4) is 0 Å². The number of nitrogens with zero attached hydrogens (tertiary/aromatic N) is 1. The fourth-order valence-electron chi connectivity index (χ4n) is 2.56. The van der Waals surface area contributed by atoms with Gasteiger partial charge in [0.05, 0.1) is 13.5 Å². The van der Waals surface area contributed by atoms with E-state index < -0.39 is 0 Å². The lowest BCUT2D eigenvalue weighted by Crippen LogP contribution is -2.46. The largest absolute Gasteiger partial charge is 0.469 e. The van der Waals surface area contributed by atoms with Gasteiger partial charge in [-0.2, -0.15) is 0 Å². The van der Waals surface area contributed by atoms with Crippen LogP contribution in [0.5, 0.6) is 0 Å². The number of nitrogens with one attached hydrogen (secondary N) is 1.